The van der Waals surface area contributed by atoms with E-state index in [9.17, 15) is 26.9 Å². The van der Waals surface area contributed by atoms with Gasteiger partial charge in [-0.2, -0.15) is 16.8 Å². The molecule has 0 aliphatic heterocycles. The second-order valence-electron chi connectivity index (χ2n) is 2.87. The van der Waals surface area contributed by atoms with Gasteiger partial charge in [0.1, 0.15) is 9.79 Å². The Labute approximate surface area is 152 Å². The summed E-state index contributed by atoms with van der Waals surface area (Å²) < 4.78 is 60.3. The van der Waals surface area contributed by atoms with Gasteiger partial charge in [-0.1, -0.05) is 0 Å². The molecule has 1 rings (SSSR count). The fourth-order valence-electron chi connectivity index (χ4n) is 0.960. The molecule has 1 aromatic carbocycles. The van der Waals surface area contributed by atoms with Gasteiger partial charge in [0, 0.05) is 12.1 Å². The van der Waals surface area contributed by atoms with E-state index in [-0.39, 0.29) is 59.1 Å². The van der Waals surface area contributed by atoms with Gasteiger partial charge in [0.2, 0.25) is 0 Å². The first kappa shape index (κ1) is 21.7. The molecular weight excluding hydrogens is 324 g/mol. The molecule has 2 N–H and O–H groups in total. The molecule has 0 amide bonds. The molecule has 9 nitrogen and oxygen atoms in total. The van der Waals surface area contributed by atoms with Crippen molar-refractivity contribution in [2.24, 2.45) is 0 Å². The molecule has 0 unspecified atom stereocenters. The molecule has 0 aromatic heterocycles. The first-order valence-corrected chi connectivity index (χ1v) is 6.64. The maximum absolute atomic E-state index is 10.7. The van der Waals surface area contributed by atoms with Crippen LogP contribution in [-0.4, -0.2) is 90.0 Å². The van der Waals surface area contributed by atoms with Crippen LogP contribution >= 0.6 is 0 Å². The number of benzene rings is 1. The van der Waals surface area contributed by atoms with Gasteiger partial charge in [-0.25, -0.2) is 0 Å². The van der Waals surface area contributed by atoms with Gasteiger partial charge in [-0.15, -0.1) is 0 Å². The summed E-state index contributed by atoms with van der Waals surface area (Å²) in [7, 11) is -9.64. The predicted octanol–water partition coefficient (Wildman–Crippen LogP) is -1.21. The zero-order valence-corrected chi connectivity index (χ0v) is 9.47. The molecule has 0 spiro atoms. The zero-order valence-electron chi connectivity index (χ0n) is 7.84. The Kier molecular flexibility index (Phi) is 8.52. The average Bonchev–Trinajstić information content (AvgIpc) is 2.14. The van der Waals surface area contributed by atoms with Gasteiger partial charge < -0.3 is 0 Å². The number of nitro benzene ring substituents is 1. The molecule has 0 bridgehead atoms. The van der Waals surface area contributed by atoms with Crippen LogP contribution in [0.25, 0.3) is 0 Å². The number of rotatable bonds is 3. The van der Waals surface area contributed by atoms with Gasteiger partial charge in [0.05, 0.1) is 4.92 Å². The van der Waals surface area contributed by atoms with Crippen LogP contribution in [0, 0.1) is 10.1 Å². The summed E-state index contributed by atoms with van der Waals surface area (Å²) in [5.74, 6) is 0. The van der Waals surface area contributed by atoms with Gasteiger partial charge in [-0.3, -0.25) is 19.2 Å². The Morgan fingerprint density at radius 1 is 0.895 bits per heavy atom. The van der Waals surface area contributed by atoms with Crippen molar-refractivity contribution < 1.29 is 30.9 Å². The van der Waals surface area contributed by atoms with Crippen molar-refractivity contribution in [3.63, 3.8) is 0 Å². The molecule has 13 heteroatoms. The molecule has 1 aromatic rings. The molecule has 0 fully saturated rings. The minimum atomic E-state index is -4.82. The van der Waals surface area contributed by atoms with Gasteiger partial charge in [-0.05, 0) is 6.07 Å². The number of nitro groups is 1. The average molecular weight is 331 g/mol. The van der Waals surface area contributed by atoms with E-state index < -0.39 is 40.6 Å². The molecular formula is C6H7NNa2O8S2. The van der Waals surface area contributed by atoms with Crippen molar-refractivity contribution in [1.29, 1.82) is 0 Å². The van der Waals surface area contributed by atoms with Crippen LogP contribution < -0.4 is 0 Å². The second-order valence-corrected chi connectivity index (χ2v) is 5.71. The fraction of sp³-hybridized carbons (Fsp3) is 0. The van der Waals surface area contributed by atoms with Crippen LogP contribution in [-0.2, 0) is 20.2 Å². The van der Waals surface area contributed by atoms with Crippen LogP contribution in [0.4, 0.5) is 5.69 Å². The monoisotopic (exact) mass is 331 g/mol. The summed E-state index contributed by atoms with van der Waals surface area (Å²) in [6.07, 6.45) is 0. The summed E-state index contributed by atoms with van der Waals surface area (Å²) in [5, 5.41) is 10.4. The van der Waals surface area contributed by atoms with Gasteiger partial charge >= 0.3 is 59.1 Å². The van der Waals surface area contributed by atoms with Gasteiger partial charge in [0.15, 0.2) is 0 Å². The quantitative estimate of drug-likeness (QED) is 0.303. The minimum absolute atomic E-state index is 0. The third-order valence-electron chi connectivity index (χ3n) is 1.67. The van der Waals surface area contributed by atoms with E-state index in [4.69, 9.17) is 9.11 Å². The molecule has 0 heterocycles. The van der Waals surface area contributed by atoms with E-state index >= 15 is 0 Å². The molecule has 0 aliphatic rings. The van der Waals surface area contributed by atoms with Crippen molar-refractivity contribution in [3.8, 4) is 0 Å². The molecule has 0 radical (unpaired) electrons. The van der Waals surface area contributed by atoms with E-state index in [1.807, 2.05) is 0 Å². The fourth-order valence-corrected chi connectivity index (χ4v) is 2.13. The van der Waals surface area contributed by atoms with Crippen molar-refractivity contribution in [2.75, 3.05) is 0 Å². The first-order chi connectivity index (χ1) is 7.51. The summed E-state index contributed by atoms with van der Waals surface area (Å²) in [6.45, 7) is 0. The van der Waals surface area contributed by atoms with Crippen LogP contribution in [0.15, 0.2) is 28.0 Å². The predicted molar refractivity (Wildman–Crippen MR) is 67.0 cm³/mol. The SMILES string of the molecule is O=[N+]([O-])c1cc(S(=O)(=O)O)cc(S(=O)(=O)O)c1.[NaH].[NaH]. The van der Waals surface area contributed by atoms with Crippen LogP contribution in [0.5, 0.6) is 0 Å². The van der Waals surface area contributed by atoms with E-state index in [0.717, 1.165) is 0 Å². The Bertz CT molecular complexity index is 633. The molecule has 98 valence electrons. The summed E-state index contributed by atoms with van der Waals surface area (Å²) in [6, 6.07) is 1.33. The molecule has 0 atom stereocenters. The summed E-state index contributed by atoms with van der Waals surface area (Å²) >= 11 is 0. The second kappa shape index (κ2) is 7.45. The van der Waals surface area contributed by atoms with Gasteiger partial charge in [0.25, 0.3) is 25.9 Å². The van der Waals surface area contributed by atoms with Crippen molar-refractivity contribution in [2.45, 2.75) is 9.79 Å². The number of nitrogens with zero attached hydrogens (tertiary/aromatic N) is 1. The van der Waals surface area contributed by atoms with E-state index in [1.54, 1.807) is 0 Å². The number of non-ortho nitro benzene ring substituents is 1. The Morgan fingerprint density at radius 2 is 1.21 bits per heavy atom. The Morgan fingerprint density at radius 3 is 1.42 bits per heavy atom. The van der Waals surface area contributed by atoms with E-state index in [2.05, 4.69) is 0 Å². The zero-order chi connectivity index (χ0) is 13.4. The van der Waals surface area contributed by atoms with Crippen molar-refractivity contribution >= 4 is 85.0 Å². The third kappa shape index (κ3) is 6.16. The standard InChI is InChI=1S/C6H5NO8S2.2Na.2H/c8-7(9)4-1-5(16(10,11)12)3-6(2-4)17(13,14)15;;;;/h1-3H,(H,10,11,12)(H,13,14,15);;;;. The first-order valence-electron chi connectivity index (χ1n) is 3.76. The maximum atomic E-state index is 10.7. The molecule has 0 saturated heterocycles. The van der Waals surface area contributed by atoms with Crippen molar-refractivity contribution in [3.05, 3.63) is 28.3 Å². The summed E-state index contributed by atoms with van der Waals surface area (Å²) in [5.41, 5.74) is -0.896. The van der Waals surface area contributed by atoms with E-state index in [0.29, 0.717) is 18.2 Å². The van der Waals surface area contributed by atoms with E-state index in [1.165, 1.54) is 0 Å². The molecule has 0 saturated carbocycles. The normalized spacial score (nSPS) is 11.1. The topological polar surface area (TPSA) is 152 Å². The number of hydrogen-bond acceptors (Lipinski definition) is 6. The number of hydrogen-bond donors (Lipinski definition) is 2. The van der Waals surface area contributed by atoms with Crippen molar-refractivity contribution in [1.82, 2.24) is 0 Å². The summed E-state index contributed by atoms with van der Waals surface area (Å²) in [4.78, 5) is 7.34. The van der Waals surface area contributed by atoms with Crippen LogP contribution in [0.2, 0.25) is 0 Å². The third-order valence-corrected chi connectivity index (χ3v) is 3.33. The Hall–Kier alpha value is 0.440. The van der Waals surface area contributed by atoms with Crippen LogP contribution in [0.1, 0.15) is 0 Å². The van der Waals surface area contributed by atoms with Crippen LogP contribution in [0.3, 0.4) is 0 Å². The molecule has 19 heavy (non-hydrogen) atoms. The molecule has 0 aliphatic carbocycles. The Balaban J connectivity index is 0.